The molecule has 0 unspecified atom stereocenters. The van der Waals surface area contributed by atoms with Crippen LogP contribution in [0.1, 0.15) is 11.1 Å². The molecule has 0 amide bonds. The lowest BCUT2D eigenvalue weighted by Crippen LogP contribution is -2.07. The quantitative estimate of drug-likeness (QED) is 0.651. The second kappa shape index (κ2) is 4.56. The van der Waals surface area contributed by atoms with E-state index in [2.05, 4.69) is 8.75 Å². The maximum Gasteiger partial charge on any atom is 0.418 e. The average molecular weight is 294 g/mol. The maximum atomic E-state index is 13.2. The van der Waals surface area contributed by atoms with Crippen LogP contribution in [0.15, 0.2) is 36.4 Å². The van der Waals surface area contributed by atoms with E-state index in [1.807, 2.05) is 6.07 Å². The highest BCUT2D eigenvalue weighted by Crippen LogP contribution is 2.39. The molecule has 6 heteroatoms. The van der Waals surface area contributed by atoms with Gasteiger partial charge < -0.3 is 0 Å². The summed E-state index contributed by atoms with van der Waals surface area (Å²) in [6, 6.07) is 10.2. The average Bonchev–Trinajstić information content (AvgIpc) is 2.88. The standard InChI is InChI=1S/C14H9F3N2S/c1-8-10(9-5-3-2-4-6-9)7-11(14(15,16)17)13-12(8)18-20-19-13/h2-7H,1H3. The van der Waals surface area contributed by atoms with Crippen molar-refractivity contribution in [2.75, 3.05) is 0 Å². The zero-order valence-corrected chi connectivity index (χ0v) is 11.2. The van der Waals surface area contributed by atoms with Crippen molar-refractivity contribution in [3.63, 3.8) is 0 Å². The van der Waals surface area contributed by atoms with Crippen LogP contribution in [-0.2, 0) is 6.18 Å². The molecule has 0 spiro atoms. The van der Waals surface area contributed by atoms with Crippen molar-refractivity contribution in [3.8, 4) is 11.1 Å². The van der Waals surface area contributed by atoms with Crippen molar-refractivity contribution in [3.05, 3.63) is 47.5 Å². The van der Waals surface area contributed by atoms with Crippen molar-refractivity contribution in [2.24, 2.45) is 0 Å². The Morgan fingerprint density at radius 2 is 1.65 bits per heavy atom. The third-order valence-corrected chi connectivity index (χ3v) is 3.71. The number of rotatable bonds is 1. The van der Waals surface area contributed by atoms with Gasteiger partial charge in [-0.1, -0.05) is 30.3 Å². The molecule has 102 valence electrons. The van der Waals surface area contributed by atoms with Crippen molar-refractivity contribution >= 4 is 22.8 Å². The number of alkyl halides is 3. The normalized spacial score (nSPS) is 12.0. The summed E-state index contributed by atoms with van der Waals surface area (Å²) >= 11 is 0.801. The first-order valence-electron chi connectivity index (χ1n) is 5.87. The van der Waals surface area contributed by atoms with Crippen LogP contribution in [0.25, 0.3) is 22.2 Å². The molecule has 0 aliphatic heterocycles. The van der Waals surface area contributed by atoms with E-state index in [9.17, 15) is 13.2 Å². The molecule has 3 aromatic rings. The van der Waals surface area contributed by atoms with Crippen molar-refractivity contribution in [2.45, 2.75) is 13.1 Å². The lowest BCUT2D eigenvalue weighted by Gasteiger charge is -2.12. The fourth-order valence-electron chi connectivity index (χ4n) is 2.19. The fraction of sp³-hybridized carbons (Fsp3) is 0.143. The molecule has 1 aromatic heterocycles. The van der Waals surface area contributed by atoms with Gasteiger partial charge in [0.05, 0.1) is 17.3 Å². The number of benzene rings is 2. The van der Waals surface area contributed by atoms with Crippen LogP contribution in [-0.4, -0.2) is 8.75 Å². The van der Waals surface area contributed by atoms with E-state index in [0.29, 0.717) is 16.6 Å². The molecule has 0 bridgehead atoms. The van der Waals surface area contributed by atoms with Gasteiger partial charge >= 0.3 is 6.18 Å². The number of hydrogen-bond acceptors (Lipinski definition) is 3. The molecular weight excluding hydrogens is 285 g/mol. The minimum Gasteiger partial charge on any atom is -0.173 e. The Labute approximate surface area is 117 Å². The van der Waals surface area contributed by atoms with Crippen molar-refractivity contribution in [1.29, 1.82) is 0 Å². The van der Waals surface area contributed by atoms with Gasteiger partial charge in [0, 0.05) is 0 Å². The minimum absolute atomic E-state index is 0.0697. The van der Waals surface area contributed by atoms with Gasteiger partial charge in [0.15, 0.2) is 0 Å². The number of fused-ring (bicyclic) bond motifs is 1. The van der Waals surface area contributed by atoms with Crippen LogP contribution in [0.2, 0.25) is 0 Å². The molecule has 20 heavy (non-hydrogen) atoms. The molecule has 0 atom stereocenters. The second-order valence-corrected chi connectivity index (χ2v) is 4.95. The number of aromatic nitrogens is 2. The largest absolute Gasteiger partial charge is 0.418 e. The lowest BCUT2D eigenvalue weighted by atomic mass is 9.96. The zero-order chi connectivity index (χ0) is 14.3. The van der Waals surface area contributed by atoms with Crippen molar-refractivity contribution in [1.82, 2.24) is 8.75 Å². The fourth-order valence-corrected chi connectivity index (χ4v) is 2.81. The molecule has 0 fully saturated rings. The molecule has 2 nitrogen and oxygen atoms in total. The summed E-state index contributed by atoms with van der Waals surface area (Å²) in [5.74, 6) is 0. The molecular formula is C14H9F3N2S. The Hall–Kier alpha value is -1.95. The molecule has 0 N–H and O–H groups in total. The minimum atomic E-state index is -4.44. The van der Waals surface area contributed by atoms with Crippen LogP contribution in [0, 0.1) is 6.92 Å². The Balaban J connectivity index is 2.37. The number of hydrogen-bond donors (Lipinski definition) is 0. The summed E-state index contributed by atoms with van der Waals surface area (Å²) < 4.78 is 47.3. The first-order chi connectivity index (χ1) is 9.48. The summed E-state index contributed by atoms with van der Waals surface area (Å²) in [6.07, 6.45) is -4.44. The molecule has 0 radical (unpaired) electrons. The predicted molar refractivity (Wildman–Crippen MR) is 72.6 cm³/mol. The topological polar surface area (TPSA) is 25.8 Å². The molecule has 2 aromatic carbocycles. The highest BCUT2D eigenvalue weighted by Gasteiger charge is 2.35. The number of halogens is 3. The molecule has 0 aliphatic rings. The van der Waals surface area contributed by atoms with Crippen LogP contribution >= 0.6 is 11.7 Å². The van der Waals surface area contributed by atoms with E-state index in [1.165, 1.54) is 0 Å². The van der Waals surface area contributed by atoms with Gasteiger partial charge in [-0.05, 0) is 29.7 Å². The van der Waals surface area contributed by atoms with Crippen LogP contribution in [0.5, 0.6) is 0 Å². The van der Waals surface area contributed by atoms with Gasteiger partial charge in [-0.3, -0.25) is 0 Å². The summed E-state index contributed by atoms with van der Waals surface area (Å²) in [7, 11) is 0. The van der Waals surface area contributed by atoms with E-state index in [-0.39, 0.29) is 5.52 Å². The molecule has 0 saturated carbocycles. The number of nitrogens with zero attached hydrogens (tertiary/aromatic N) is 2. The molecule has 1 heterocycles. The Bertz CT molecular complexity index is 763. The van der Waals surface area contributed by atoms with Crippen LogP contribution in [0.4, 0.5) is 13.2 Å². The van der Waals surface area contributed by atoms with E-state index < -0.39 is 11.7 Å². The molecule has 3 rings (SSSR count). The highest BCUT2D eigenvalue weighted by atomic mass is 32.1. The smallest absolute Gasteiger partial charge is 0.173 e. The third-order valence-electron chi connectivity index (χ3n) is 3.18. The lowest BCUT2D eigenvalue weighted by molar-refractivity contribution is -0.136. The van der Waals surface area contributed by atoms with E-state index in [1.54, 1.807) is 31.2 Å². The SMILES string of the molecule is Cc1c(-c2ccccc2)cc(C(F)(F)F)c2nsnc12. The Morgan fingerprint density at radius 3 is 2.30 bits per heavy atom. The highest BCUT2D eigenvalue weighted by molar-refractivity contribution is 7.00. The van der Waals surface area contributed by atoms with Crippen LogP contribution < -0.4 is 0 Å². The van der Waals surface area contributed by atoms with Gasteiger partial charge in [-0.25, -0.2) is 0 Å². The Morgan fingerprint density at radius 1 is 1.00 bits per heavy atom. The van der Waals surface area contributed by atoms with E-state index in [0.717, 1.165) is 23.4 Å². The van der Waals surface area contributed by atoms with Crippen LogP contribution in [0.3, 0.4) is 0 Å². The monoisotopic (exact) mass is 294 g/mol. The third kappa shape index (κ3) is 2.06. The molecule has 0 saturated heterocycles. The summed E-state index contributed by atoms with van der Waals surface area (Å²) in [5, 5.41) is 0. The first-order valence-corrected chi connectivity index (χ1v) is 6.60. The summed E-state index contributed by atoms with van der Waals surface area (Å²) in [6.45, 7) is 1.77. The second-order valence-electron chi connectivity index (χ2n) is 4.42. The molecule has 0 aliphatic carbocycles. The number of aryl methyl sites for hydroxylation is 1. The van der Waals surface area contributed by atoms with Gasteiger partial charge in [0.1, 0.15) is 11.0 Å². The summed E-state index contributed by atoms with van der Waals surface area (Å²) in [4.78, 5) is 0. The van der Waals surface area contributed by atoms with Crippen molar-refractivity contribution < 1.29 is 13.2 Å². The van der Waals surface area contributed by atoms with E-state index >= 15 is 0 Å². The van der Waals surface area contributed by atoms with Gasteiger partial charge in [0.25, 0.3) is 0 Å². The van der Waals surface area contributed by atoms with E-state index in [4.69, 9.17) is 0 Å². The van der Waals surface area contributed by atoms with Gasteiger partial charge in [-0.15, -0.1) is 0 Å². The Kier molecular flexibility index (Phi) is 2.97. The summed E-state index contributed by atoms with van der Waals surface area (Å²) in [5.41, 5.74) is 1.52. The van der Waals surface area contributed by atoms with Gasteiger partial charge in [-0.2, -0.15) is 21.9 Å². The zero-order valence-electron chi connectivity index (χ0n) is 10.4. The predicted octanol–water partition coefficient (Wildman–Crippen LogP) is 4.69. The maximum absolute atomic E-state index is 13.2. The first kappa shape index (κ1) is 13.1. The van der Waals surface area contributed by atoms with Gasteiger partial charge in [0.2, 0.25) is 0 Å².